The van der Waals surface area contributed by atoms with Crippen LogP contribution in [0.4, 0.5) is 16.4 Å². The Morgan fingerprint density at radius 3 is 1.62 bits per heavy atom. The lowest BCUT2D eigenvalue weighted by Gasteiger charge is -2.23. The number of para-hydroxylation sites is 2. The fourth-order valence-electron chi connectivity index (χ4n) is 4.86. The zero-order valence-electron chi connectivity index (χ0n) is 19.5. The molecule has 0 aliphatic heterocycles. The first kappa shape index (κ1) is 21.9. The first-order valence-electron chi connectivity index (χ1n) is 11.9. The Balaban J connectivity index is 1.26. The lowest BCUT2D eigenvalue weighted by Crippen LogP contribution is -2.07. The van der Waals surface area contributed by atoms with Gasteiger partial charge in [0.15, 0.2) is 11.6 Å². The number of thiophene rings is 2. The van der Waals surface area contributed by atoms with Crippen molar-refractivity contribution in [1.29, 1.82) is 0 Å². The monoisotopic (exact) mass is 513 g/mol. The number of hydrogen-bond donors (Lipinski definition) is 0. The smallest absolute Gasteiger partial charge is 0.197 e. The molecule has 7 rings (SSSR count). The molecule has 1 aliphatic carbocycles. The van der Waals surface area contributed by atoms with Crippen molar-refractivity contribution in [3.05, 3.63) is 131 Å². The van der Waals surface area contributed by atoms with Gasteiger partial charge in [-0.25, -0.2) is 0 Å². The van der Waals surface area contributed by atoms with E-state index in [0.717, 1.165) is 41.4 Å². The van der Waals surface area contributed by atoms with Gasteiger partial charge >= 0.3 is 0 Å². The second kappa shape index (κ2) is 8.66. The Morgan fingerprint density at radius 2 is 1.08 bits per heavy atom. The zero-order chi connectivity index (χ0) is 24.9. The topological polar surface area (TPSA) is 37.4 Å². The fraction of sp³-hybridized carbons (Fsp3) is 0. The van der Waals surface area contributed by atoms with Crippen molar-refractivity contribution in [2.45, 2.75) is 0 Å². The van der Waals surface area contributed by atoms with Crippen molar-refractivity contribution < 1.29 is 9.59 Å². The maximum Gasteiger partial charge on any atom is 0.197 e. The fourth-order valence-corrected chi connectivity index (χ4v) is 7.25. The summed E-state index contributed by atoms with van der Waals surface area (Å²) in [6.07, 6.45) is 1.76. The van der Waals surface area contributed by atoms with Crippen LogP contribution in [0.5, 0.6) is 0 Å². The predicted octanol–water partition coefficient (Wildman–Crippen LogP) is 9.05. The summed E-state index contributed by atoms with van der Waals surface area (Å²) in [5.41, 5.74) is 3.43. The van der Waals surface area contributed by atoms with E-state index < -0.39 is 0 Å². The molecule has 6 aromatic rings. The Hall–Kier alpha value is -4.32. The molecule has 37 heavy (non-hydrogen) atoms. The molecule has 2 aromatic heterocycles. The number of hydrogen-bond acceptors (Lipinski definition) is 5. The molecule has 2 heterocycles. The number of carbonyl (C=O) groups is 2. The van der Waals surface area contributed by atoms with Gasteiger partial charge in [0.05, 0.1) is 5.57 Å². The van der Waals surface area contributed by atoms with Crippen molar-refractivity contribution in [1.82, 2.24) is 0 Å². The van der Waals surface area contributed by atoms with Crippen LogP contribution in [-0.2, 0) is 0 Å². The van der Waals surface area contributed by atoms with E-state index in [2.05, 4.69) is 41.3 Å². The van der Waals surface area contributed by atoms with Gasteiger partial charge in [-0.2, -0.15) is 0 Å². The highest BCUT2D eigenvalue weighted by atomic mass is 32.1. The van der Waals surface area contributed by atoms with Crippen LogP contribution >= 0.6 is 22.7 Å². The molecule has 0 amide bonds. The van der Waals surface area contributed by atoms with Crippen LogP contribution in [0.1, 0.15) is 25.6 Å². The van der Waals surface area contributed by atoms with Crippen molar-refractivity contribution in [3.8, 4) is 0 Å². The lowest BCUT2D eigenvalue weighted by molar-refractivity contribution is 0.0990. The number of allylic oxidation sites excluding steroid dienone is 1. The summed E-state index contributed by atoms with van der Waals surface area (Å²) in [5.74, 6) is -0.384. The van der Waals surface area contributed by atoms with E-state index in [4.69, 9.17) is 0 Å². The molecule has 0 unspecified atom stereocenters. The van der Waals surface area contributed by atoms with Crippen molar-refractivity contribution in [2.24, 2.45) is 0 Å². The second-order valence-electron chi connectivity index (χ2n) is 8.93. The highest BCUT2D eigenvalue weighted by molar-refractivity contribution is 7.30. The molecular formula is C32H19NO2S2. The van der Waals surface area contributed by atoms with E-state index in [1.807, 2.05) is 72.8 Å². The number of ketones is 2. The molecule has 0 bridgehead atoms. The summed E-state index contributed by atoms with van der Waals surface area (Å²) in [5, 5.41) is 3.05. The second-order valence-corrected chi connectivity index (χ2v) is 11.1. The number of fused-ring (bicyclic) bond motifs is 3. The first-order chi connectivity index (χ1) is 18.2. The SMILES string of the molecule is O=C1C(=Cc2cc3sc(N(c4ccccc4)c4ccccc4)cc3s2)C(=O)c2cc3ccccc3cc21. The molecule has 0 N–H and O–H groups in total. The van der Waals surface area contributed by atoms with Gasteiger partial charge < -0.3 is 4.90 Å². The molecule has 5 heteroatoms. The summed E-state index contributed by atoms with van der Waals surface area (Å²) in [6.45, 7) is 0. The van der Waals surface area contributed by atoms with E-state index >= 15 is 0 Å². The summed E-state index contributed by atoms with van der Waals surface area (Å²) < 4.78 is 2.26. The molecule has 4 aromatic carbocycles. The third kappa shape index (κ3) is 3.71. The van der Waals surface area contributed by atoms with Gasteiger partial charge in [0.25, 0.3) is 0 Å². The molecule has 1 aliphatic rings. The Kier molecular flexibility index (Phi) is 5.13. The minimum Gasteiger partial charge on any atom is -0.302 e. The van der Waals surface area contributed by atoms with Gasteiger partial charge in [-0.3, -0.25) is 9.59 Å². The molecule has 0 saturated heterocycles. The van der Waals surface area contributed by atoms with Crippen LogP contribution in [-0.4, -0.2) is 11.6 Å². The van der Waals surface area contributed by atoms with E-state index in [0.29, 0.717) is 11.1 Å². The molecule has 0 saturated carbocycles. The van der Waals surface area contributed by atoms with Crippen LogP contribution in [0.15, 0.2) is 115 Å². The van der Waals surface area contributed by atoms with E-state index in [9.17, 15) is 9.59 Å². The number of benzene rings is 4. The molecule has 0 radical (unpaired) electrons. The van der Waals surface area contributed by atoms with Crippen LogP contribution in [0.2, 0.25) is 0 Å². The minimum atomic E-state index is -0.192. The number of nitrogens with zero attached hydrogens (tertiary/aromatic N) is 1. The summed E-state index contributed by atoms with van der Waals surface area (Å²) >= 11 is 3.30. The van der Waals surface area contributed by atoms with Gasteiger partial charge in [0.2, 0.25) is 0 Å². The van der Waals surface area contributed by atoms with Crippen LogP contribution in [0, 0.1) is 0 Å². The van der Waals surface area contributed by atoms with E-state index in [1.54, 1.807) is 28.7 Å². The zero-order valence-corrected chi connectivity index (χ0v) is 21.2. The summed E-state index contributed by atoms with van der Waals surface area (Å²) in [6, 6.07) is 36.4. The van der Waals surface area contributed by atoms with Crippen molar-refractivity contribution >= 4 is 76.9 Å². The number of Topliss-reactive ketones (excluding diaryl/α,β-unsaturated/α-hetero) is 2. The van der Waals surface area contributed by atoms with Crippen molar-refractivity contribution in [3.63, 3.8) is 0 Å². The standard InChI is InChI=1S/C32H19NO2S2/c34-31-25-15-20-9-7-8-10-21(20)16-26(25)32(35)27(31)17-24-18-28-29(36-24)19-30(37-28)33(22-11-3-1-4-12-22)23-13-5-2-6-14-23/h1-19H. The van der Waals surface area contributed by atoms with E-state index in [-0.39, 0.29) is 17.1 Å². The van der Waals surface area contributed by atoms with Crippen LogP contribution in [0.25, 0.3) is 26.2 Å². The molecule has 0 fully saturated rings. The maximum absolute atomic E-state index is 13.2. The van der Waals surface area contributed by atoms with Gasteiger partial charge in [0, 0.05) is 36.8 Å². The summed E-state index contributed by atoms with van der Waals surface area (Å²) in [4.78, 5) is 29.5. The molecule has 3 nitrogen and oxygen atoms in total. The predicted molar refractivity (Wildman–Crippen MR) is 155 cm³/mol. The van der Waals surface area contributed by atoms with Gasteiger partial charge in [-0.1, -0.05) is 60.7 Å². The molecular weight excluding hydrogens is 494 g/mol. The van der Waals surface area contributed by atoms with Crippen molar-refractivity contribution in [2.75, 3.05) is 4.90 Å². The summed E-state index contributed by atoms with van der Waals surface area (Å²) in [7, 11) is 0. The number of rotatable bonds is 4. The van der Waals surface area contributed by atoms with Crippen LogP contribution < -0.4 is 4.90 Å². The highest BCUT2D eigenvalue weighted by Gasteiger charge is 2.33. The minimum absolute atomic E-state index is 0.192. The normalized spacial score (nSPS) is 12.9. The quantitative estimate of drug-likeness (QED) is 0.174. The van der Waals surface area contributed by atoms with Crippen LogP contribution in [0.3, 0.4) is 0 Å². The average Bonchev–Trinajstić information content (AvgIpc) is 3.56. The third-order valence-electron chi connectivity index (χ3n) is 6.61. The maximum atomic E-state index is 13.2. The Labute approximate surface area is 221 Å². The Morgan fingerprint density at radius 1 is 0.568 bits per heavy atom. The average molecular weight is 514 g/mol. The first-order valence-corrected chi connectivity index (χ1v) is 13.6. The highest BCUT2D eigenvalue weighted by Crippen LogP contribution is 2.44. The van der Waals surface area contributed by atoms with Gasteiger partial charge in [0.1, 0.15) is 5.00 Å². The third-order valence-corrected chi connectivity index (χ3v) is 8.84. The number of carbonyl (C=O) groups excluding carboxylic acids is 2. The lowest BCUT2D eigenvalue weighted by atomic mass is 10.0. The van der Waals surface area contributed by atoms with Gasteiger partial charge in [-0.15, -0.1) is 22.7 Å². The van der Waals surface area contributed by atoms with Gasteiger partial charge in [-0.05, 0) is 65.4 Å². The van der Waals surface area contributed by atoms with E-state index in [1.165, 1.54) is 0 Å². The molecule has 0 spiro atoms. The largest absolute Gasteiger partial charge is 0.302 e. The molecule has 0 atom stereocenters. The number of anilines is 3. The Bertz CT molecular complexity index is 1740. The molecule has 176 valence electrons.